The first-order valence-electron chi connectivity index (χ1n) is 6.82. The number of anilines is 1. The first-order chi connectivity index (χ1) is 10.4. The number of benzene rings is 2. The molecule has 0 aliphatic heterocycles. The molecule has 22 heavy (non-hydrogen) atoms. The maximum atomic E-state index is 12.2. The van der Waals surface area contributed by atoms with Crippen LogP contribution in [0.5, 0.6) is 0 Å². The molecule has 5 heteroatoms. The monoisotopic (exact) mass is 332 g/mol. The summed E-state index contributed by atoms with van der Waals surface area (Å²) in [6.45, 7) is 5.81. The molecular weight excluding hydrogens is 316 g/mol. The zero-order chi connectivity index (χ0) is 16.3. The van der Waals surface area contributed by atoms with E-state index in [4.69, 9.17) is 23.8 Å². The van der Waals surface area contributed by atoms with E-state index in [1.165, 1.54) is 0 Å². The third-order valence-electron chi connectivity index (χ3n) is 3.28. The average Bonchev–Trinajstić information content (AvgIpc) is 2.42. The Labute approximate surface area is 140 Å². The van der Waals surface area contributed by atoms with Crippen LogP contribution in [-0.2, 0) is 0 Å². The molecule has 2 aromatic carbocycles. The van der Waals surface area contributed by atoms with E-state index in [0.29, 0.717) is 10.6 Å². The minimum Gasteiger partial charge on any atom is -0.332 e. The fourth-order valence-electron chi connectivity index (χ4n) is 2.07. The van der Waals surface area contributed by atoms with Gasteiger partial charge in [0.05, 0.1) is 0 Å². The van der Waals surface area contributed by atoms with Gasteiger partial charge in [0.15, 0.2) is 5.11 Å². The fraction of sp³-hybridized carbons (Fsp3) is 0.176. The summed E-state index contributed by atoms with van der Waals surface area (Å²) in [5.74, 6) is -0.229. The van der Waals surface area contributed by atoms with Gasteiger partial charge in [0, 0.05) is 16.3 Å². The van der Waals surface area contributed by atoms with Crippen molar-refractivity contribution in [3.63, 3.8) is 0 Å². The van der Waals surface area contributed by atoms with Gasteiger partial charge in [0.1, 0.15) is 0 Å². The summed E-state index contributed by atoms with van der Waals surface area (Å²) in [7, 11) is 0. The highest BCUT2D eigenvalue weighted by Gasteiger charge is 2.11. The smallest absolute Gasteiger partial charge is 0.257 e. The second-order valence-electron chi connectivity index (χ2n) is 5.19. The molecule has 2 N–H and O–H groups in total. The van der Waals surface area contributed by atoms with E-state index in [1.54, 1.807) is 12.1 Å². The van der Waals surface area contributed by atoms with E-state index < -0.39 is 0 Å². The zero-order valence-corrected chi connectivity index (χ0v) is 14.2. The van der Waals surface area contributed by atoms with Crippen LogP contribution in [0, 0.1) is 20.8 Å². The first kappa shape index (κ1) is 16.5. The summed E-state index contributed by atoms with van der Waals surface area (Å²) in [4.78, 5) is 12.2. The Morgan fingerprint density at radius 3 is 2.41 bits per heavy atom. The van der Waals surface area contributed by atoms with Crippen LogP contribution in [0.15, 0.2) is 36.4 Å². The molecule has 0 saturated carbocycles. The van der Waals surface area contributed by atoms with Gasteiger partial charge in [-0.3, -0.25) is 10.1 Å². The van der Waals surface area contributed by atoms with Gasteiger partial charge in [-0.15, -0.1) is 0 Å². The molecule has 0 radical (unpaired) electrons. The molecule has 0 spiro atoms. The van der Waals surface area contributed by atoms with Gasteiger partial charge < -0.3 is 5.32 Å². The summed E-state index contributed by atoms with van der Waals surface area (Å²) in [5, 5.41) is 6.52. The first-order valence-corrected chi connectivity index (χ1v) is 7.61. The van der Waals surface area contributed by atoms with E-state index in [9.17, 15) is 4.79 Å². The summed E-state index contributed by atoms with van der Waals surface area (Å²) < 4.78 is 0. The van der Waals surface area contributed by atoms with Crippen molar-refractivity contribution in [1.82, 2.24) is 5.32 Å². The highest BCUT2D eigenvalue weighted by atomic mass is 35.5. The molecule has 0 bridgehead atoms. The van der Waals surface area contributed by atoms with Crippen LogP contribution >= 0.6 is 23.8 Å². The number of aryl methyl sites for hydroxylation is 3. The van der Waals surface area contributed by atoms with Crippen LogP contribution in [0.2, 0.25) is 5.02 Å². The summed E-state index contributed by atoms with van der Waals surface area (Å²) in [6, 6.07) is 11.2. The molecule has 0 fully saturated rings. The lowest BCUT2D eigenvalue weighted by molar-refractivity contribution is 0.0977. The number of rotatable bonds is 2. The largest absolute Gasteiger partial charge is 0.332 e. The lowest BCUT2D eigenvalue weighted by Gasteiger charge is -2.12. The number of halogens is 1. The van der Waals surface area contributed by atoms with Crippen molar-refractivity contribution in [3.05, 3.63) is 63.7 Å². The van der Waals surface area contributed by atoms with Crippen LogP contribution in [0.4, 0.5) is 5.69 Å². The second-order valence-corrected chi connectivity index (χ2v) is 6.01. The molecular formula is C17H17ClN2OS. The molecule has 0 saturated heterocycles. The van der Waals surface area contributed by atoms with Crippen molar-refractivity contribution in [3.8, 4) is 0 Å². The molecule has 2 aromatic rings. The lowest BCUT2D eigenvalue weighted by atomic mass is 10.1. The minimum absolute atomic E-state index is 0.229. The predicted molar refractivity (Wildman–Crippen MR) is 95.8 cm³/mol. The van der Waals surface area contributed by atoms with Gasteiger partial charge in [-0.05, 0) is 62.3 Å². The number of carbonyl (C=O) groups is 1. The van der Waals surface area contributed by atoms with Crippen LogP contribution in [-0.4, -0.2) is 11.0 Å². The Morgan fingerprint density at radius 1 is 1.05 bits per heavy atom. The summed E-state index contributed by atoms with van der Waals surface area (Å²) in [6.07, 6.45) is 0. The van der Waals surface area contributed by atoms with Crippen molar-refractivity contribution < 1.29 is 4.79 Å². The van der Waals surface area contributed by atoms with Crippen molar-refractivity contribution in [2.75, 3.05) is 5.32 Å². The normalized spacial score (nSPS) is 10.2. The fourth-order valence-corrected chi connectivity index (χ4v) is 2.46. The number of hydrogen-bond acceptors (Lipinski definition) is 2. The second kappa shape index (κ2) is 6.90. The van der Waals surface area contributed by atoms with Gasteiger partial charge in [-0.1, -0.05) is 35.4 Å². The molecule has 0 heterocycles. The van der Waals surface area contributed by atoms with Crippen molar-refractivity contribution >= 4 is 40.5 Å². The van der Waals surface area contributed by atoms with Crippen LogP contribution in [0.25, 0.3) is 0 Å². The van der Waals surface area contributed by atoms with Gasteiger partial charge in [0.25, 0.3) is 5.91 Å². The predicted octanol–water partition coefficient (Wildman–Crippen LogP) is 4.39. The molecule has 0 aliphatic carbocycles. The topological polar surface area (TPSA) is 41.1 Å². The quantitative estimate of drug-likeness (QED) is 0.801. The Hall–Kier alpha value is -1.91. The number of carbonyl (C=O) groups excluding carboxylic acids is 1. The van der Waals surface area contributed by atoms with E-state index in [1.807, 2.05) is 45.0 Å². The molecule has 0 aliphatic rings. The van der Waals surface area contributed by atoms with Crippen LogP contribution in [0.3, 0.4) is 0 Å². The summed E-state index contributed by atoms with van der Waals surface area (Å²) >= 11 is 11.2. The van der Waals surface area contributed by atoms with Crippen LogP contribution in [0.1, 0.15) is 27.0 Å². The number of nitrogens with one attached hydrogen (secondary N) is 2. The van der Waals surface area contributed by atoms with E-state index in [0.717, 1.165) is 22.4 Å². The van der Waals surface area contributed by atoms with Crippen molar-refractivity contribution in [2.24, 2.45) is 0 Å². The maximum Gasteiger partial charge on any atom is 0.257 e. The molecule has 0 atom stereocenters. The van der Waals surface area contributed by atoms with E-state index in [2.05, 4.69) is 10.6 Å². The van der Waals surface area contributed by atoms with Gasteiger partial charge in [-0.2, -0.15) is 0 Å². The number of hydrogen-bond donors (Lipinski definition) is 2. The average molecular weight is 333 g/mol. The highest BCUT2D eigenvalue weighted by Crippen LogP contribution is 2.19. The highest BCUT2D eigenvalue weighted by molar-refractivity contribution is 7.80. The van der Waals surface area contributed by atoms with Crippen molar-refractivity contribution in [1.29, 1.82) is 0 Å². The SMILES string of the molecule is Cc1ccc(C(=O)NC(=S)Nc2ccc(C)c(Cl)c2)c(C)c1. The Bertz CT molecular complexity index is 743. The zero-order valence-electron chi connectivity index (χ0n) is 12.7. The molecule has 2 rings (SSSR count). The third-order valence-corrected chi connectivity index (χ3v) is 3.89. The Kier molecular flexibility index (Phi) is 5.16. The molecule has 0 unspecified atom stereocenters. The Balaban J connectivity index is 2.05. The standard InChI is InChI=1S/C17H17ClN2OS/c1-10-4-7-14(12(3)8-10)16(21)20-17(22)19-13-6-5-11(2)15(18)9-13/h4-9H,1-3H3,(H2,19,20,21,22). The van der Waals surface area contributed by atoms with Crippen LogP contribution < -0.4 is 10.6 Å². The molecule has 1 amide bonds. The van der Waals surface area contributed by atoms with Gasteiger partial charge in [0.2, 0.25) is 0 Å². The molecule has 3 nitrogen and oxygen atoms in total. The lowest BCUT2D eigenvalue weighted by Crippen LogP contribution is -2.34. The van der Waals surface area contributed by atoms with Gasteiger partial charge in [-0.25, -0.2) is 0 Å². The van der Waals surface area contributed by atoms with E-state index >= 15 is 0 Å². The minimum atomic E-state index is -0.229. The third kappa shape index (κ3) is 4.06. The molecule has 114 valence electrons. The Morgan fingerprint density at radius 2 is 1.77 bits per heavy atom. The van der Waals surface area contributed by atoms with Crippen molar-refractivity contribution in [2.45, 2.75) is 20.8 Å². The summed E-state index contributed by atoms with van der Waals surface area (Å²) in [5.41, 5.74) is 4.36. The maximum absolute atomic E-state index is 12.2. The van der Waals surface area contributed by atoms with E-state index in [-0.39, 0.29) is 11.0 Å². The van der Waals surface area contributed by atoms with Gasteiger partial charge >= 0.3 is 0 Å². The number of thiocarbonyl (C=S) groups is 1. The molecule has 0 aromatic heterocycles. The number of amides is 1.